The lowest BCUT2D eigenvalue weighted by atomic mass is 9.93. The van der Waals surface area contributed by atoms with E-state index in [0.29, 0.717) is 17.0 Å². The number of carbonyl (C=O) groups is 1. The van der Waals surface area contributed by atoms with Crippen LogP contribution in [0.15, 0.2) is 42.6 Å². The van der Waals surface area contributed by atoms with E-state index in [-0.39, 0.29) is 6.42 Å². The number of fused-ring (bicyclic) bond motifs is 1. The van der Waals surface area contributed by atoms with Crippen molar-refractivity contribution < 1.29 is 9.90 Å². The predicted octanol–water partition coefficient (Wildman–Crippen LogP) is 5.15. The van der Waals surface area contributed by atoms with Gasteiger partial charge in [0.25, 0.3) is 0 Å². The number of carboxylic acids is 1. The van der Waals surface area contributed by atoms with Crippen LogP contribution >= 0.6 is 22.9 Å². The number of anilines is 1. The molecule has 3 heterocycles. The van der Waals surface area contributed by atoms with Gasteiger partial charge in [-0.1, -0.05) is 23.7 Å². The molecule has 1 saturated heterocycles. The molecular weight excluding hydrogens is 482 g/mol. The van der Waals surface area contributed by atoms with Gasteiger partial charge in [0.05, 0.1) is 16.6 Å². The minimum absolute atomic E-state index is 0.0636. The molecule has 0 amide bonds. The summed E-state index contributed by atoms with van der Waals surface area (Å²) in [6, 6.07) is 11.7. The second kappa shape index (κ2) is 9.53. The first kappa shape index (κ1) is 23.7. The van der Waals surface area contributed by atoms with E-state index in [2.05, 4.69) is 28.8 Å². The molecule has 0 bridgehead atoms. The number of hydrogen-bond donors (Lipinski definition) is 1. The summed E-state index contributed by atoms with van der Waals surface area (Å²) in [5.41, 5.74) is 5.10. The molecule has 4 aromatic rings. The van der Waals surface area contributed by atoms with Crippen LogP contribution in [0, 0.1) is 6.92 Å². The zero-order chi connectivity index (χ0) is 24.7. The molecule has 7 nitrogen and oxygen atoms in total. The van der Waals surface area contributed by atoms with E-state index >= 15 is 0 Å². The zero-order valence-corrected chi connectivity index (χ0v) is 21.4. The molecule has 0 aliphatic carbocycles. The van der Waals surface area contributed by atoms with Crippen molar-refractivity contribution in [1.29, 1.82) is 0 Å². The fourth-order valence-corrected chi connectivity index (χ4v) is 5.92. The van der Waals surface area contributed by atoms with Crippen LogP contribution < -0.4 is 4.90 Å². The summed E-state index contributed by atoms with van der Waals surface area (Å²) >= 11 is 7.66. The van der Waals surface area contributed by atoms with Crippen molar-refractivity contribution in [2.24, 2.45) is 0 Å². The van der Waals surface area contributed by atoms with Gasteiger partial charge in [0.15, 0.2) is 0 Å². The van der Waals surface area contributed by atoms with E-state index in [1.807, 2.05) is 43.3 Å². The van der Waals surface area contributed by atoms with Gasteiger partial charge in [0, 0.05) is 42.5 Å². The van der Waals surface area contributed by atoms with E-state index in [0.717, 1.165) is 62.8 Å². The van der Waals surface area contributed by atoms with Crippen LogP contribution in [-0.4, -0.2) is 63.7 Å². The summed E-state index contributed by atoms with van der Waals surface area (Å²) in [5.74, 6) is -0.155. The van der Waals surface area contributed by atoms with Crippen LogP contribution in [0.5, 0.6) is 0 Å². The average molecular weight is 508 g/mol. The highest BCUT2D eigenvalue weighted by atomic mass is 35.5. The molecule has 1 aliphatic heterocycles. The highest BCUT2D eigenvalue weighted by molar-refractivity contribution is 7.22. The van der Waals surface area contributed by atoms with Crippen molar-refractivity contribution in [1.82, 2.24) is 19.9 Å². The maximum atomic E-state index is 11.7. The van der Waals surface area contributed by atoms with Gasteiger partial charge in [-0.05, 0) is 61.9 Å². The molecule has 0 saturated carbocycles. The highest BCUT2D eigenvalue weighted by Crippen LogP contribution is 2.41. The van der Waals surface area contributed by atoms with Crippen molar-refractivity contribution in [3.05, 3.63) is 58.7 Å². The lowest BCUT2D eigenvalue weighted by molar-refractivity contribution is -0.136. The first-order valence-electron chi connectivity index (χ1n) is 11.5. The number of likely N-dealkylation sites (N-methyl/N-ethyl adjacent to an activating group) is 1. The quantitative estimate of drug-likeness (QED) is 0.400. The largest absolute Gasteiger partial charge is 0.481 e. The number of piperazine rings is 1. The van der Waals surface area contributed by atoms with Crippen molar-refractivity contribution in [2.75, 3.05) is 31.6 Å². The number of carboxylic acid groups (broad SMARTS) is 1. The smallest absolute Gasteiger partial charge is 0.307 e. The number of aromatic nitrogens is 3. The lowest BCUT2D eigenvalue weighted by Gasteiger charge is -2.38. The molecule has 35 heavy (non-hydrogen) atoms. The third-order valence-electron chi connectivity index (χ3n) is 6.42. The minimum atomic E-state index is -0.867. The van der Waals surface area contributed by atoms with Crippen molar-refractivity contribution in [3.63, 3.8) is 0 Å². The first-order chi connectivity index (χ1) is 16.8. The van der Waals surface area contributed by atoms with Crippen LogP contribution in [0.2, 0.25) is 5.02 Å². The topological polar surface area (TPSA) is 82.5 Å². The van der Waals surface area contributed by atoms with Gasteiger partial charge >= 0.3 is 5.97 Å². The summed E-state index contributed by atoms with van der Waals surface area (Å²) in [6.07, 6.45) is 1.72. The Morgan fingerprint density at radius 1 is 1.20 bits per heavy atom. The normalized spacial score (nSPS) is 16.7. The van der Waals surface area contributed by atoms with E-state index in [1.54, 1.807) is 6.20 Å². The highest BCUT2D eigenvalue weighted by Gasteiger charge is 2.25. The summed E-state index contributed by atoms with van der Waals surface area (Å²) in [6.45, 7) is 6.93. The summed E-state index contributed by atoms with van der Waals surface area (Å²) in [5, 5.41) is 11.0. The van der Waals surface area contributed by atoms with Crippen LogP contribution in [-0.2, 0) is 11.2 Å². The molecule has 2 aromatic carbocycles. The van der Waals surface area contributed by atoms with Crippen molar-refractivity contribution in [3.8, 4) is 21.8 Å². The predicted molar refractivity (Wildman–Crippen MR) is 141 cm³/mol. The molecule has 1 aliphatic rings. The van der Waals surface area contributed by atoms with Gasteiger partial charge in [0.1, 0.15) is 10.7 Å². The lowest BCUT2D eigenvalue weighted by Crippen LogP contribution is -2.51. The third kappa shape index (κ3) is 4.74. The molecule has 9 heteroatoms. The van der Waals surface area contributed by atoms with Crippen LogP contribution in [0.4, 0.5) is 5.95 Å². The molecule has 1 N–H and O–H groups in total. The van der Waals surface area contributed by atoms with Gasteiger partial charge in [-0.3, -0.25) is 4.79 Å². The maximum Gasteiger partial charge on any atom is 0.307 e. The minimum Gasteiger partial charge on any atom is -0.481 e. The molecule has 180 valence electrons. The number of hydrogen-bond acceptors (Lipinski definition) is 7. The zero-order valence-electron chi connectivity index (χ0n) is 19.8. The van der Waals surface area contributed by atoms with E-state index in [4.69, 9.17) is 21.6 Å². The Kier molecular flexibility index (Phi) is 6.44. The SMILES string of the molecule is Cc1cc2nc(-c3ccnc(N4CCN(C)C[C@@H]4C)n3)sc2c(-c2ccc(Cl)cc2)c1CC(=O)O. The van der Waals surface area contributed by atoms with Gasteiger partial charge in [-0.15, -0.1) is 11.3 Å². The fraction of sp³-hybridized carbons (Fsp3) is 0.308. The molecule has 2 aromatic heterocycles. The van der Waals surface area contributed by atoms with Crippen molar-refractivity contribution in [2.45, 2.75) is 26.3 Å². The average Bonchev–Trinajstić information content (AvgIpc) is 3.24. The Bertz CT molecular complexity index is 1410. The monoisotopic (exact) mass is 507 g/mol. The maximum absolute atomic E-state index is 11.7. The number of rotatable bonds is 5. The van der Waals surface area contributed by atoms with Gasteiger partial charge < -0.3 is 14.9 Å². The number of thiazole rings is 1. The Labute approximate surface area is 213 Å². The number of aliphatic carboxylic acids is 1. The summed E-state index contributed by atoms with van der Waals surface area (Å²) < 4.78 is 0.942. The van der Waals surface area contributed by atoms with E-state index in [9.17, 15) is 9.90 Å². The standard InChI is InChI=1S/C26H26ClN5O2S/c1-15-12-21-24(23(19(15)13-22(33)34)17-4-6-18(27)7-5-17)35-25(29-21)20-8-9-28-26(30-20)32-11-10-31(3)14-16(32)2/h4-9,12,16H,10-11,13-14H2,1-3H3,(H,33,34)/t16-/m0/s1. The number of nitrogens with zero attached hydrogens (tertiary/aromatic N) is 5. The second-order valence-corrected chi connectivity index (χ2v) is 10.5. The van der Waals surface area contributed by atoms with Gasteiger partial charge in [-0.25, -0.2) is 15.0 Å². The molecule has 0 unspecified atom stereocenters. The van der Waals surface area contributed by atoms with Crippen LogP contribution in [0.3, 0.4) is 0 Å². The molecule has 1 atom stereocenters. The fourth-order valence-electron chi connectivity index (χ4n) is 4.69. The Balaban J connectivity index is 1.63. The van der Waals surface area contributed by atoms with E-state index < -0.39 is 5.97 Å². The van der Waals surface area contributed by atoms with Crippen LogP contribution in [0.1, 0.15) is 18.1 Å². The van der Waals surface area contributed by atoms with Crippen molar-refractivity contribution >= 4 is 45.1 Å². The summed E-state index contributed by atoms with van der Waals surface area (Å²) in [7, 11) is 2.13. The number of halogens is 1. The first-order valence-corrected chi connectivity index (χ1v) is 12.7. The number of aryl methyl sites for hydroxylation is 1. The Morgan fingerprint density at radius 2 is 1.97 bits per heavy atom. The summed E-state index contributed by atoms with van der Waals surface area (Å²) in [4.78, 5) is 30.6. The Hall–Kier alpha value is -3.07. The molecule has 0 radical (unpaired) electrons. The molecule has 5 rings (SSSR count). The number of benzene rings is 2. The van der Waals surface area contributed by atoms with Crippen LogP contribution in [0.25, 0.3) is 32.0 Å². The Morgan fingerprint density at radius 3 is 2.69 bits per heavy atom. The third-order valence-corrected chi connectivity index (χ3v) is 7.78. The molecule has 1 fully saturated rings. The molecular formula is C26H26ClN5O2S. The van der Waals surface area contributed by atoms with E-state index in [1.165, 1.54) is 11.3 Å². The second-order valence-electron chi connectivity index (χ2n) is 9.04. The van der Waals surface area contributed by atoms with Gasteiger partial charge in [-0.2, -0.15) is 0 Å². The molecule has 0 spiro atoms. The van der Waals surface area contributed by atoms with Gasteiger partial charge in [0.2, 0.25) is 5.95 Å².